The van der Waals surface area contributed by atoms with Crippen molar-refractivity contribution in [2.45, 2.75) is 96.5 Å². The van der Waals surface area contributed by atoms with Gasteiger partial charge in [-0.15, -0.1) is 0 Å². The summed E-state index contributed by atoms with van der Waals surface area (Å²) in [5.41, 5.74) is 0. The van der Waals surface area contributed by atoms with Gasteiger partial charge in [0.25, 0.3) is 0 Å². The van der Waals surface area contributed by atoms with Crippen molar-refractivity contribution in [1.29, 1.82) is 0 Å². The highest BCUT2D eigenvalue weighted by Gasteiger charge is 2.44. The molecule has 0 aromatic rings. The summed E-state index contributed by atoms with van der Waals surface area (Å²) < 4.78 is 0. The molecule has 3 aliphatic rings. The lowest BCUT2D eigenvalue weighted by Gasteiger charge is -2.50. The van der Waals surface area contributed by atoms with Crippen LogP contribution < -0.4 is 0 Å². The molecule has 0 spiro atoms. The van der Waals surface area contributed by atoms with Crippen LogP contribution in [0.5, 0.6) is 0 Å². The van der Waals surface area contributed by atoms with E-state index in [0.717, 1.165) is 42.4 Å². The zero-order chi connectivity index (χ0) is 14.7. The molecule has 3 saturated carbocycles. The molecule has 0 saturated heterocycles. The van der Waals surface area contributed by atoms with Crippen LogP contribution in [-0.2, 0) is 0 Å². The lowest BCUT2D eigenvalue weighted by molar-refractivity contribution is -0.0268. The van der Waals surface area contributed by atoms with Crippen LogP contribution in [-0.4, -0.2) is 11.2 Å². The van der Waals surface area contributed by atoms with E-state index in [1.165, 1.54) is 64.2 Å². The van der Waals surface area contributed by atoms with Gasteiger partial charge in [-0.1, -0.05) is 45.4 Å². The average molecular weight is 293 g/mol. The largest absolute Gasteiger partial charge is 0.393 e. The molecule has 6 atom stereocenters. The minimum Gasteiger partial charge on any atom is -0.393 e. The highest BCUT2D eigenvalue weighted by Crippen LogP contribution is 2.52. The summed E-state index contributed by atoms with van der Waals surface area (Å²) in [6.45, 7) is 2.31. The van der Waals surface area contributed by atoms with E-state index in [9.17, 15) is 5.11 Å². The second-order valence-electron chi connectivity index (χ2n) is 8.42. The molecular formula is C20H36O. The SMILES string of the molecule is CCCCCC[C@@H]1CCC2C(CCC3C[C@H](O)CCC32)C1. The van der Waals surface area contributed by atoms with Crippen molar-refractivity contribution in [3.63, 3.8) is 0 Å². The quantitative estimate of drug-likeness (QED) is 0.658. The van der Waals surface area contributed by atoms with Crippen LogP contribution in [0.4, 0.5) is 0 Å². The van der Waals surface area contributed by atoms with E-state index < -0.39 is 0 Å². The lowest BCUT2D eigenvalue weighted by atomic mass is 9.56. The molecular weight excluding hydrogens is 256 g/mol. The van der Waals surface area contributed by atoms with Crippen LogP contribution in [0.3, 0.4) is 0 Å². The minimum absolute atomic E-state index is 0.0257. The van der Waals surface area contributed by atoms with Gasteiger partial charge < -0.3 is 5.11 Å². The average Bonchev–Trinajstić information content (AvgIpc) is 2.51. The molecule has 122 valence electrons. The number of rotatable bonds is 5. The van der Waals surface area contributed by atoms with Crippen LogP contribution >= 0.6 is 0 Å². The topological polar surface area (TPSA) is 20.2 Å². The standard InChI is InChI=1S/C20H36O/c1-2-3-4-5-6-15-7-11-19-16(13-15)8-9-17-14-18(21)10-12-20(17)19/h15-21H,2-14H2,1H3/t15-,16?,17?,18-,19?,20?/m1/s1. The Bertz CT molecular complexity index is 313. The Hall–Kier alpha value is -0.0400. The van der Waals surface area contributed by atoms with Gasteiger partial charge in [-0.05, 0) is 74.5 Å². The van der Waals surface area contributed by atoms with E-state index in [-0.39, 0.29) is 6.10 Å². The normalized spacial score (nSPS) is 43.1. The summed E-state index contributed by atoms with van der Waals surface area (Å²) in [7, 11) is 0. The molecule has 0 amide bonds. The number of hydrogen-bond donors (Lipinski definition) is 1. The van der Waals surface area contributed by atoms with Crippen molar-refractivity contribution in [2.75, 3.05) is 0 Å². The van der Waals surface area contributed by atoms with Gasteiger partial charge in [-0.2, -0.15) is 0 Å². The van der Waals surface area contributed by atoms with Gasteiger partial charge in [0, 0.05) is 0 Å². The minimum atomic E-state index is 0.0257. The van der Waals surface area contributed by atoms with E-state index in [0.29, 0.717) is 0 Å². The molecule has 0 radical (unpaired) electrons. The molecule has 0 aromatic heterocycles. The second-order valence-corrected chi connectivity index (χ2v) is 8.42. The molecule has 3 rings (SSSR count). The fourth-order valence-corrected chi connectivity index (χ4v) is 5.99. The predicted molar refractivity (Wildman–Crippen MR) is 89.2 cm³/mol. The van der Waals surface area contributed by atoms with Crippen molar-refractivity contribution in [1.82, 2.24) is 0 Å². The van der Waals surface area contributed by atoms with Crippen LogP contribution in [0.15, 0.2) is 0 Å². The van der Waals surface area contributed by atoms with E-state index in [2.05, 4.69) is 6.92 Å². The number of unbranched alkanes of at least 4 members (excludes halogenated alkanes) is 3. The lowest BCUT2D eigenvalue weighted by Crippen LogP contribution is -2.42. The molecule has 3 fully saturated rings. The van der Waals surface area contributed by atoms with Crippen LogP contribution in [0.25, 0.3) is 0 Å². The third kappa shape index (κ3) is 3.84. The van der Waals surface area contributed by atoms with E-state index in [4.69, 9.17) is 0 Å². The molecule has 3 aliphatic carbocycles. The van der Waals surface area contributed by atoms with Crippen molar-refractivity contribution in [3.8, 4) is 0 Å². The monoisotopic (exact) mass is 292 g/mol. The Balaban J connectivity index is 1.47. The Morgan fingerprint density at radius 1 is 0.762 bits per heavy atom. The van der Waals surface area contributed by atoms with E-state index >= 15 is 0 Å². The smallest absolute Gasteiger partial charge is 0.0543 e. The number of fused-ring (bicyclic) bond motifs is 3. The first-order valence-corrected chi connectivity index (χ1v) is 9.96. The summed E-state index contributed by atoms with van der Waals surface area (Å²) >= 11 is 0. The fraction of sp³-hybridized carbons (Fsp3) is 1.00. The van der Waals surface area contributed by atoms with Gasteiger partial charge in [0.2, 0.25) is 0 Å². The molecule has 1 N–H and O–H groups in total. The van der Waals surface area contributed by atoms with Crippen LogP contribution in [0, 0.1) is 29.6 Å². The zero-order valence-electron chi connectivity index (χ0n) is 14.1. The van der Waals surface area contributed by atoms with Gasteiger partial charge in [-0.3, -0.25) is 0 Å². The van der Waals surface area contributed by atoms with Gasteiger partial charge in [0.1, 0.15) is 0 Å². The summed E-state index contributed by atoms with van der Waals surface area (Å²) in [6, 6.07) is 0. The summed E-state index contributed by atoms with van der Waals surface area (Å²) in [6.07, 6.45) is 18.3. The molecule has 0 aromatic carbocycles. The Morgan fingerprint density at radius 3 is 2.24 bits per heavy atom. The molecule has 1 nitrogen and oxygen atoms in total. The van der Waals surface area contributed by atoms with Crippen molar-refractivity contribution >= 4 is 0 Å². The first-order chi connectivity index (χ1) is 10.3. The fourth-order valence-electron chi connectivity index (χ4n) is 5.99. The van der Waals surface area contributed by atoms with Gasteiger partial charge >= 0.3 is 0 Å². The number of aliphatic hydroxyl groups is 1. The predicted octanol–water partition coefficient (Wildman–Crippen LogP) is 5.56. The molecule has 0 heterocycles. The zero-order valence-corrected chi connectivity index (χ0v) is 14.1. The molecule has 1 heteroatoms. The van der Waals surface area contributed by atoms with Crippen LogP contribution in [0.1, 0.15) is 90.4 Å². The first-order valence-electron chi connectivity index (χ1n) is 9.96. The highest BCUT2D eigenvalue weighted by atomic mass is 16.3. The van der Waals surface area contributed by atoms with Crippen molar-refractivity contribution in [3.05, 3.63) is 0 Å². The number of aliphatic hydroxyl groups excluding tert-OH is 1. The highest BCUT2D eigenvalue weighted by molar-refractivity contribution is 4.94. The Kier molecular flexibility index (Phi) is 5.65. The first kappa shape index (κ1) is 15.8. The third-order valence-electron chi connectivity index (χ3n) is 7.09. The summed E-state index contributed by atoms with van der Waals surface area (Å²) in [4.78, 5) is 0. The number of hydrogen-bond acceptors (Lipinski definition) is 1. The molecule has 21 heavy (non-hydrogen) atoms. The summed E-state index contributed by atoms with van der Waals surface area (Å²) in [5, 5.41) is 9.93. The molecule has 0 aliphatic heterocycles. The van der Waals surface area contributed by atoms with Crippen molar-refractivity contribution in [2.24, 2.45) is 29.6 Å². The summed E-state index contributed by atoms with van der Waals surface area (Å²) in [5.74, 6) is 4.98. The maximum atomic E-state index is 9.93. The van der Waals surface area contributed by atoms with Crippen LogP contribution in [0.2, 0.25) is 0 Å². The maximum Gasteiger partial charge on any atom is 0.0543 e. The van der Waals surface area contributed by atoms with Gasteiger partial charge in [-0.25, -0.2) is 0 Å². The second kappa shape index (κ2) is 7.49. The van der Waals surface area contributed by atoms with Crippen molar-refractivity contribution < 1.29 is 5.11 Å². The van der Waals surface area contributed by atoms with E-state index in [1.807, 2.05) is 0 Å². The molecule has 4 unspecified atom stereocenters. The maximum absolute atomic E-state index is 9.93. The molecule has 0 bridgehead atoms. The van der Waals surface area contributed by atoms with E-state index in [1.54, 1.807) is 6.42 Å². The Labute approximate surface area is 131 Å². The van der Waals surface area contributed by atoms with Gasteiger partial charge in [0.05, 0.1) is 6.10 Å². The van der Waals surface area contributed by atoms with Gasteiger partial charge in [0.15, 0.2) is 0 Å². The Morgan fingerprint density at radius 2 is 1.48 bits per heavy atom. The third-order valence-corrected chi connectivity index (χ3v) is 7.09.